The van der Waals surface area contributed by atoms with E-state index in [4.69, 9.17) is 0 Å². The van der Waals surface area contributed by atoms with Crippen molar-refractivity contribution in [3.8, 4) is 0 Å². The Morgan fingerprint density at radius 3 is 2.25 bits per heavy atom. The van der Waals surface area contributed by atoms with E-state index in [0.717, 1.165) is 12.7 Å². The van der Waals surface area contributed by atoms with Crippen molar-refractivity contribution >= 4 is 16.1 Å². The fourth-order valence-electron chi connectivity index (χ4n) is 2.09. The van der Waals surface area contributed by atoms with Crippen LogP contribution in [-0.4, -0.2) is 26.2 Å². The predicted octanol–water partition coefficient (Wildman–Crippen LogP) is 0.400. The summed E-state index contributed by atoms with van der Waals surface area (Å²) in [6, 6.07) is 0. The molecule has 0 N–H and O–H groups in total. The van der Waals surface area contributed by atoms with Crippen molar-refractivity contribution in [3.05, 3.63) is 0 Å². The molecular formula is C8H12O3S. The van der Waals surface area contributed by atoms with Gasteiger partial charge in [0, 0.05) is 5.92 Å². The molecule has 1 aliphatic carbocycles. The van der Waals surface area contributed by atoms with Crippen molar-refractivity contribution in [2.75, 3.05) is 11.5 Å². The van der Waals surface area contributed by atoms with Gasteiger partial charge in [-0.3, -0.25) is 0 Å². The SMILES string of the molecule is O=CC1CC12CCS(=O)(=O)CC2. The lowest BCUT2D eigenvalue weighted by atomic mass is 9.97. The van der Waals surface area contributed by atoms with Crippen LogP contribution < -0.4 is 0 Å². The zero-order chi connectivity index (χ0) is 8.82. The van der Waals surface area contributed by atoms with Gasteiger partial charge in [-0.05, 0) is 24.7 Å². The Kier molecular flexibility index (Phi) is 1.59. The maximum absolute atomic E-state index is 11.1. The van der Waals surface area contributed by atoms with Gasteiger partial charge in [-0.2, -0.15) is 0 Å². The van der Waals surface area contributed by atoms with Crippen LogP contribution in [0.2, 0.25) is 0 Å². The second-order valence-electron chi connectivity index (χ2n) is 3.96. The van der Waals surface area contributed by atoms with Gasteiger partial charge in [0.05, 0.1) is 11.5 Å². The number of aldehydes is 1. The van der Waals surface area contributed by atoms with Gasteiger partial charge in [0.15, 0.2) is 0 Å². The molecule has 1 heterocycles. The van der Waals surface area contributed by atoms with Gasteiger partial charge >= 0.3 is 0 Å². The molecule has 1 atom stereocenters. The first-order chi connectivity index (χ1) is 5.58. The van der Waals surface area contributed by atoms with E-state index < -0.39 is 9.84 Å². The quantitative estimate of drug-likeness (QED) is 0.560. The molecule has 1 aliphatic heterocycles. The van der Waals surface area contributed by atoms with Crippen LogP contribution in [0.15, 0.2) is 0 Å². The summed E-state index contributed by atoms with van der Waals surface area (Å²) in [5, 5.41) is 0. The van der Waals surface area contributed by atoms with Crippen molar-refractivity contribution in [2.45, 2.75) is 19.3 Å². The highest BCUT2D eigenvalue weighted by Gasteiger charge is 2.55. The number of rotatable bonds is 1. The Balaban J connectivity index is 2.05. The molecule has 0 radical (unpaired) electrons. The van der Waals surface area contributed by atoms with Crippen LogP contribution >= 0.6 is 0 Å². The first kappa shape index (κ1) is 8.23. The lowest BCUT2D eigenvalue weighted by molar-refractivity contribution is -0.109. The molecule has 12 heavy (non-hydrogen) atoms. The normalized spacial score (nSPS) is 36.2. The molecule has 1 saturated carbocycles. The molecule has 0 aromatic carbocycles. The summed E-state index contributed by atoms with van der Waals surface area (Å²) >= 11 is 0. The van der Waals surface area contributed by atoms with Crippen LogP contribution in [0.3, 0.4) is 0 Å². The number of carbonyl (C=O) groups is 1. The van der Waals surface area contributed by atoms with E-state index in [1.165, 1.54) is 0 Å². The highest BCUT2D eigenvalue weighted by molar-refractivity contribution is 7.91. The number of carbonyl (C=O) groups excluding carboxylic acids is 1. The monoisotopic (exact) mass is 188 g/mol. The third-order valence-electron chi connectivity index (χ3n) is 3.24. The Labute approximate surface area is 72.1 Å². The summed E-state index contributed by atoms with van der Waals surface area (Å²) in [5.41, 5.74) is 0.104. The topological polar surface area (TPSA) is 51.2 Å². The summed E-state index contributed by atoms with van der Waals surface area (Å²) in [7, 11) is -2.76. The first-order valence-corrected chi connectivity index (χ1v) is 6.06. The average Bonchev–Trinajstić information content (AvgIpc) is 2.72. The standard InChI is InChI=1S/C8H12O3S/c9-6-7-5-8(7)1-3-12(10,11)4-2-8/h6-7H,1-5H2. The van der Waals surface area contributed by atoms with E-state index in [-0.39, 0.29) is 22.8 Å². The van der Waals surface area contributed by atoms with Gasteiger partial charge in [0.2, 0.25) is 0 Å². The summed E-state index contributed by atoms with van der Waals surface area (Å²) in [6.07, 6.45) is 3.32. The number of hydrogen-bond acceptors (Lipinski definition) is 3. The van der Waals surface area contributed by atoms with Crippen LogP contribution in [0.5, 0.6) is 0 Å². The van der Waals surface area contributed by atoms with Crippen LogP contribution in [0, 0.1) is 11.3 Å². The molecule has 3 nitrogen and oxygen atoms in total. The second kappa shape index (κ2) is 2.31. The Bertz CT molecular complexity index is 290. The predicted molar refractivity (Wildman–Crippen MR) is 44.5 cm³/mol. The van der Waals surface area contributed by atoms with Gasteiger partial charge in [0.1, 0.15) is 16.1 Å². The summed E-state index contributed by atoms with van der Waals surface area (Å²) in [5.74, 6) is 0.738. The van der Waals surface area contributed by atoms with Crippen LogP contribution in [0.1, 0.15) is 19.3 Å². The molecule has 1 spiro atoms. The van der Waals surface area contributed by atoms with Gasteiger partial charge in [-0.15, -0.1) is 0 Å². The van der Waals surface area contributed by atoms with Crippen LogP contribution in [0.4, 0.5) is 0 Å². The molecule has 1 saturated heterocycles. The molecule has 2 fully saturated rings. The van der Waals surface area contributed by atoms with Gasteiger partial charge in [-0.1, -0.05) is 0 Å². The molecule has 4 heteroatoms. The number of sulfone groups is 1. The Hall–Kier alpha value is -0.380. The molecule has 2 rings (SSSR count). The highest BCUT2D eigenvalue weighted by Crippen LogP contribution is 2.58. The molecule has 2 aliphatic rings. The highest BCUT2D eigenvalue weighted by atomic mass is 32.2. The van der Waals surface area contributed by atoms with E-state index in [9.17, 15) is 13.2 Å². The fourth-order valence-corrected chi connectivity index (χ4v) is 3.73. The van der Waals surface area contributed by atoms with Crippen molar-refractivity contribution < 1.29 is 13.2 Å². The van der Waals surface area contributed by atoms with Gasteiger partial charge in [0.25, 0.3) is 0 Å². The van der Waals surface area contributed by atoms with Crippen LogP contribution in [0.25, 0.3) is 0 Å². The Morgan fingerprint density at radius 2 is 1.83 bits per heavy atom. The summed E-state index contributed by atoms with van der Waals surface area (Å²) < 4.78 is 22.1. The van der Waals surface area contributed by atoms with E-state index in [1.807, 2.05) is 0 Å². The Morgan fingerprint density at radius 1 is 1.25 bits per heavy atom. The summed E-state index contributed by atoms with van der Waals surface area (Å²) in [4.78, 5) is 10.5. The average molecular weight is 188 g/mol. The molecule has 0 aromatic rings. The number of hydrogen-bond donors (Lipinski definition) is 0. The minimum Gasteiger partial charge on any atom is -0.303 e. The summed E-state index contributed by atoms with van der Waals surface area (Å²) in [6.45, 7) is 0. The third-order valence-corrected chi connectivity index (χ3v) is 4.89. The first-order valence-electron chi connectivity index (χ1n) is 4.24. The lowest BCUT2D eigenvalue weighted by Gasteiger charge is -2.21. The van der Waals surface area contributed by atoms with Crippen LogP contribution in [-0.2, 0) is 14.6 Å². The van der Waals surface area contributed by atoms with Crippen molar-refractivity contribution in [1.29, 1.82) is 0 Å². The second-order valence-corrected chi connectivity index (χ2v) is 6.26. The van der Waals surface area contributed by atoms with Crippen molar-refractivity contribution in [3.63, 3.8) is 0 Å². The third kappa shape index (κ3) is 1.18. The maximum Gasteiger partial charge on any atom is 0.150 e. The fraction of sp³-hybridized carbons (Fsp3) is 0.875. The van der Waals surface area contributed by atoms with E-state index in [1.54, 1.807) is 0 Å². The van der Waals surface area contributed by atoms with Gasteiger partial charge < -0.3 is 4.79 Å². The lowest BCUT2D eigenvalue weighted by Crippen LogP contribution is -2.25. The van der Waals surface area contributed by atoms with Crippen molar-refractivity contribution in [1.82, 2.24) is 0 Å². The largest absolute Gasteiger partial charge is 0.303 e. The zero-order valence-electron chi connectivity index (χ0n) is 6.82. The minimum absolute atomic E-state index is 0.104. The van der Waals surface area contributed by atoms with E-state index >= 15 is 0 Å². The van der Waals surface area contributed by atoms with Crippen molar-refractivity contribution in [2.24, 2.45) is 11.3 Å². The molecular weight excluding hydrogens is 176 g/mol. The molecule has 0 bridgehead atoms. The van der Waals surface area contributed by atoms with E-state index in [2.05, 4.69) is 0 Å². The zero-order valence-corrected chi connectivity index (χ0v) is 7.64. The van der Waals surface area contributed by atoms with E-state index in [0.29, 0.717) is 12.8 Å². The molecule has 1 unspecified atom stereocenters. The smallest absolute Gasteiger partial charge is 0.150 e. The van der Waals surface area contributed by atoms with Gasteiger partial charge in [-0.25, -0.2) is 8.42 Å². The molecule has 68 valence electrons. The minimum atomic E-state index is -2.76. The molecule has 0 aromatic heterocycles. The molecule has 0 amide bonds. The maximum atomic E-state index is 11.1.